The minimum absolute atomic E-state index is 0.194. The lowest BCUT2D eigenvalue weighted by Crippen LogP contribution is -2.34. The SMILES string of the molecule is O=C(NCC(O)CO)c1cc(C(F)(F)F)ccc1Br. The maximum atomic E-state index is 12.5. The zero-order valence-electron chi connectivity index (χ0n) is 9.54. The number of carbonyl (C=O) groups excluding carboxylic acids is 1. The summed E-state index contributed by atoms with van der Waals surface area (Å²) < 4.78 is 37.7. The smallest absolute Gasteiger partial charge is 0.394 e. The zero-order valence-corrected chi connectivity index (χ0v) is 11.1. The first-order valence-corrected chi connectivity index (χ1v) is 5.99. The van der Waals surface area contributed by atoms with Gasteiger partial charge in [0.2, 0.25) is 0 Å². The summed E-state index contributed by atoms with van der Waals surface area (Å²) in [6.45, 7) is -0.804. The molecule has 0 saturated carbocycles. The van der Waals surface area contributed by atoms with Crippen LogP contribution in [-0.4, -0.2) is 35.4 Å². The normalized spacial score (nSPS) is 13.2. The van der Waals surface area contributed by atoms with E-state index in [1.54, 1.807) is 0 Å². The first-order chi connectivity index (χ1) is 8.75. The van der Waals surface area contributed by atoms with Crippen LogP contribution in [0.1, 0.15) is 15.9 Å². The van der Waals surface area contributed by atoms with Crippen molar-refractivity contribution < 1.29 is 28.2 Å². The second-order valence-corrected chi connectivity index (χ2v) is 4.59. The Morgan fingerprint density at radius 2 is 2.05 bits per heavy atom. The van der Waals surface area contributed by atoms with Gasteiger partial charge in [0.1, 0.15) is 0 Å². The second-order valence-electron chi connectivity index (χ2n) is 3.74. The Balaban J connectivity index is 2.90. The van der Waals surface area contributed by atoms with Gasteiger partial charge in [-0.15, -0.1) is 0 Å². The number of rotatable bonds is 4. The van der Waals surface area contributed by atoms with Crippen LogP contribution in [0.25, 0.3) is 0 Å². The fourth-order valence-corrected chi connectivity index (χ4v) is 1.67. The van der Waals surface area contributed by atoms with Gasteiger partial charge in [0.05, 0.1) is 23.8 Å². The summed E-state index contributed by atoms with van der Waals surface area (Å²) in [5, 5.41) is 19.8. The van der Waals surface area contributed by atoms with Gasteiger partial charge in [-0.25, -0.2) is 0 Å². The van der Waals surface area contributed by atoms with Crippen LogP contribution in [0, 0.1) is 0 Å². The molecule has 8 heteroatoms. The van der Waals surface area contributed by atoms with E-state index in [0.717, 1.165) is 12.1 Å². The molecule has 106 valence electrons. The van der Waals surface area contributed by atoms with Crippen molar-refractivity contribution >= 4 is 21.8 Å². The number of alkyl halides is 3. The summed E-state index contributed by atoms with van der Waals surface area (Å²) in [5.74, 6) is -0.773. The predicted octanol–water partition coefficient (Wildman–Crippen LogP) is 1.55. The van der Waals surface area contributed by atoms with E-state index in [1.165, 1.54) is 0 Å². The van der Waals surface area contributed by atoms with Gasteiger partial charge in [-0.3, -0.25) is 4.79 Å². The largest absolute Gasteiger partial charge is 0.416 e. The van der Waals surface area contributed by atoms with E-state index in [1.807, 2.05) is 0 Å². The molecule has 0 spiro atoms. The molecule has 0 heterocycles. The van der Waals surface area contributed by atoms with Gasteiger partial charge in [-0.1, -0.05) is 0 Å². The lowest BCUT2D eigenvalue weighted by molar-refractivity contribution is -0.137. The van der Waals surface area contributed by atoms with Crippen molar-refractivity contribution in [2.24, 2.45) is 0 Å². The van der Waals surface area contributed by atoms with Gasteiger partial charge >= 0.3 is 6.18 Å². The number of amides is 1. The van der Waals surface area contributed by atoms with Gasteiger partial charge in [-0.2, -0.15) is 13.2 Å². The molecule has 0 aliphatic rings. The monoisotopic (exact) mass is 341 g/mol. The fourth-order valence-electron chi connectivity index (χ4n) is 1.25. The van der Waals surface area contributed by atoms with Gasteiger partial charge in [0.25, 0.3) is 5.91 Å². The van der Waals surface area contributed by atoms with Gasteiger partial charge < -0.3 is 15.5 Å². The average Bonchev–Trinajstić information content (AvgIpc) is 2.34. The van der Waals surface area contributed by atoms with E-state index in [2.05, 4.69) is 21.2 Å². The third-order valence-electron chi connectivity index (χ3n) is 2.25. The van der Waals surface area contributed by atoms with Crippen LogP contribution in [0.3, 0.4) is 0 Å². The van der Waals surface area contributed by atoms with Crippen molar-refractivity contribution in [2.75, 3.05) is 13.2 Å². The van der Waals surface area contributed by atoms with Crippen molar-refractivity contribution in [3.63, 3.8) is 0 Å². The predicted molar refractivity (Wildman–Crippen MR) is 64.6 cm³/mol. The molecule has 1 aromatic rings. The van der Waals surface area contributed by atoms with E-state index >= 15 is 0 Å². The van der Waals surface area contributed by atoms with Crippen molar-refractivity contribution in [3.8, 4) is 0 Å². The zero-order chi connectivity index (χ0) is 14.6. The maximum Gasteiger partial charge on any atom is 0.416 e. The van der Waals surface area contributed by atoms with E-state index in [-0.39, 0.29) is 16.6 Å². The molecular weight excluding hydrogens is 331 g/mol. The molecule has 3 N–H and O–H groups in total. The van der Waals surface area contributed by atoms with Crippen LogP contribution < -0.4 is 5.32 Å². The van der Waals surface area contributed by atoms with Gasteiger partial charge in [0, 0.05) is 11.0 Å². The third kappa shape index (κ3) is 4.48. The fraction of sp³-hybridized carbons (Fsp3) is 0.364. The van der Waals surface area contributed by atoms with E-state index < -0.39 is 30.4 Å². The molecule has 1 rings (SSSR count). The molecule has 0 saturated heterocycles. The molecular formula is C11H11BrF3NO3. The molecule has 0 bridgehead atoms. The highest BCUT2D eigenvalue weighted by molar-refractivity contribution is 9.10. The van der Waals surface area contributed by atoms with Crippen molar-refractivity contribution in [1.29, 1.82) is 0 Å². The average molecular weight is 342 g/mol. The molecule has 1 unspecified atom stereocenters. The number of aliphatic hydroxyl groups excluding tert-OH is 2. The van der Waals surface area contributed by atoms with Crippen LogP contribution in [0.5, 0.6) is 0 Å². The molecule has 1 aromatic carbocycles. The molecule has 4 nitrogen and oxygen atoms in total. The first-order valence-electron chi connectivity index (χ1n) is 5.19. The quantitative estimate of drug-likeness (QED) is 0.778. The minimum Gasteiger partial charge on any atom is -0.394 e. The molecule has 0 radical (unpaired) electrons. The number of halogens is 4. The molecule has 0 aliphatic heterocycles. The molecule has 1 amide bonds. The summed E-state index contributed by atoms with van der Waals surface area (Å²) in [4.78, 5) is 11.7. The molecule has 19 heavy (non-hydrogen) atoms. The molecule has 0 aromatic heterocycles. The lowest BCUT2D eigenvalue weighted by atomic mass is 10.1. The van der Waals surface area contributed by atoms with E-state index in [0.29, 0.717) is 6.07 Å². The topological polar surface area (TPSA) is 69.6 Å². The van der Waals surface area contributed by atoms with Crippen molar-refractivity contribution in [2.45, 2.75) is 12.3 Å². The Hall–Kier alpha value is -1.12. The molecule has 0 fully saturated rings. The van der Waals surface area contributed by atoms with Crippen LogP contribution in [-0.2, 0) is 6.18 Å². The maximum absolute atomic E-state index is 12.5. The van der Waals surface area contributed by atoms with Crippen LogP contribution in [0.15, 0.2) is 22.7 Å². The summed E-state index contributed by atoms with van der Waals surface area (Å²) in [7, 11) is 0. The number of hydrogen-bond acceptors (Lipinski definition) is 3. The Morgan fingerprint density at radius 3 is 2.58 bits per heavy atom. The molecule has 0 aliphatic carbocycles. The molecule has 1 atom stereocenters. The Bertz CT molecular complexity index is 465. The minimum atomic E-state index is -4.54. The Labute approximate surface area is 115 Å². The third-order valence-corrected chi connectivity index (χ3v) is 2.94. The number of aliphatic hydroxyl groups is 2. The summed E-state index contributed by atoms with van der Waals surface area (Å²) >= 11 is 2.98. The number of benzene rings is 1. The van der Waals surface area contributed by atoms with Crippen molar-refractivity contribution in [3.05, 3.63) is 33.8 Å². The summed E-state index contributed by atoms with van der Waals surface area (Å²) in [6.07, 6.45) is -5.70. The first kappa shape index (κ1) is 15.9. The van der Waals surface area contributed by atoms with Gasteiger partial charge in [-0.05, 0) is 34.1 Å². The van der Waals surface area contributed by atoms with Crippen molar-refractivity contribution in [1.82, 2.24) is 5.32 Å². The highest BCUT2D eigenvalue weighted by atomic mass is 79.9. The van der Waals surface area contributed by atoms with Crippen LogP contribution >= 0.6 is 15.9 Å². The Kier molecular flexibility index (Phi) is 5.33. The van der Waals surface area contributed by atoms with Crippen LogP contribution in [0.4, 0.5) is 13.2 Å². The number of hydrogen-bond donors (Lipinski definition) is 3. The summed E-state index contributed by atoms with van der Waals surface area (Å²) in [6, 6.07) is 2.69. The highest BCUT2D eigenvalue weighted by Crippen LogP contribution is 2.31. The Morgan fingerprint density at radius 1 is 1.42 bits per heavy atom. The number of nitrogens with one attached hydrogen (secondary N) is 1. The van der Waals surface area contributed by atoms with E-state index in [9.17, 15) is 18.0 Å². The standard InChI is InChI=1S/C11H11BrF3NO3/c12-9-2-1-6(11(13,14)15)3-8(9)10(19)16-4-7(18)5-17/h1-3,7,17-18H,4-5H2,(H,16,19). The second kappa shape index (κ2) is 6.36. The summed E-state index contributed by atoms with van der Waals surface area (Å²) in [5.41, 5.74) is -1.14. The highest BCUT2D eigenvalue weighted by Gasteiger charge is 2.31. The van der Waals surface area contributed by atoms with E-state index in [4.69, 9.17) is 10.2 Å². The lowest BCUT2D eigenvalue weighted by Gasteiger charge is -2.12. The number of carbonyl (C=O) groups is 1. The van der Waals surface area contributed by atoms with Gasteiger partial charge in [0.15, 0.2) is 0 Å². The van der Waals surface area contributed by atoms with Crippen LogP contribution in [0.2, 0.25) is 0 Å².